The number of hydrogen-bond donors (Lipinski definition) is 1. The normalized spacial score (nSPS) is 17.2. The lowest BCUT2D eigenvalue weighted by Crippen LogP contribution is -2.29. The summed E-state index contributed by atoms with van der Waals surface area (Å²) in [5.74, 6) is -1.12. The van der Waals surface area contributed by atoms with Crippen LogP contribution in [0.2, 0.25) is 5.02 Å². The average molecular weight is 520 g/mol. The Balaban J connectivity index is 1.63. The van der Waals surface area contributed by atoms with E-state index in [1.165, 1.54) is 28.6 Å². The molecule has 0 spiro atoms. The van der Waals surface area contributed by atoms with Crippen LogP contribution in [0.4, 0.5) is 5.13 Å². The van der Waals surface area contributed by atoms with E-state index < -0.39 is 17.7 Å². The molecule has 7 nitrogen and oxygen atoms in total. The number of hydrogen-bond acceptors (Lipinski definition) is 7. The number of amides is 1. The number of ether oxygens (including phenoxy) is 1. The van der Waals surface area contributed by atoms with Gasteiger partial charge in [-0.15, -0.1) is 0 Å². The van der Waals surface area contributed by atoms with Gasteiger partial charge in [0.2, 0.25) is 0 Å². The van der Waals surface area contributed by atoms with Crippen molar-refractivity contribution in [1.29, 1.82) is 0 Å². The van der Waals surface area contributed by atoms with E-state index in [1.54, 1.807) is 54.6 Å². The van der Waals surface area contributed by atoms with Crippen molar-refractivity contribution < 1.29 is 19.4 Å². The van der Waals surface area contributed by atoms with Gasteiger partial charge in [-0.2, -0.15) is 0 Å². The first kappa shape index (κ1) is 24.0. The Hall–Kier alpha value is -3.75. The number of aromatic nitrogens is 2. The summed E-state index contributed by atoms with van der Waals surface area (Å²) in [6.07, 6.45) is 4.99. The van der Waals surface area contributed by atoms with E-state index in [0.29, 0.717) is 39.2 Å². The summed E-state index contributed by atoms with van der Waals surface area (Å²) in [6, 6.07) is 14.8. The molecule has 1 aliphatic rings. The third kappa shape index (κ3) is 4.45. The Morgan fingerprint density at radius 2 is 1.86 bits per heavy atom. The van der Waals surface area contributed by atoms with Crippen LogP contribution in [0, 0.1) is 0 Å². The van der Waals surface area contributed by atoms with Gasteiger partial charge in [0.15, 0.2) is 5.13 Å². The van der Waals surface area contributed by atoms with Gasteiger partial charge in [-0.3, -0.25) is 19.5 Å². The Morgan fingerprint density at radius 3 is 2.58 bits per heavy atom. The van der Waals surface area contributed by atoms with Crippen molar-refractivity contribution in [3.63, 3.8) is 0 Å². The summed E-state index contributed by atoms with van der Waals surface area (Å²) in [7, 11) is 0. The standard InChI is InChI=1S/C27H22ClN3O4S/c1-2-3-14-35-19-7-4-16(5-8-19)23-22(24(32)17-10-12-29-13-11-17)25(33)26(34)31(23)27-30-20-9-6-18(28)15-21(20)36-27/h4-13,15,23,32H,2-3,14H2,1H3. The second kappa shape index (κ2) is 10.1. The molecule has 1 unspecified atom stereocenters. The number of halogens is 1. The summed E-state index contributed by atoms with van der Waals surface area (Å²) in [5, 5.41) is 12.1. The number of carbonyl (C=O) groups excluding carboxylic acids is 2. The summed E-state index contributed by atoms with van der Waals surface area (Å²) >= 11 is 7.40. The van der Waals surface area contributed by atoms with E-state index >= 15 is 0 Å². The minimum Gasteiger partial charge on any atom is -0.507 e. The lowest BCUT2D eigenvalue weighted by atomic mass is 9.95. The Morgan fingerprint density at radius 1 is 1.11 bits per heavy atom. The Bertz CT molecular complexity index is 1470. The summed E-state index contributed by atoms with van der Waals surface area (Å²) in [6.45, 7) is 2.69. The van der Waals surface area contributed by atoms with Crippen LogP contribution in [0.3, 0.4) is 0 Å². The molecule has 182 valence electrons. The summed E-state index contributed by atoms with van der Waals surface area (Å²) < 4.78 is 6.56. The van der Waals surface area contributed by atoms with Crippen LogP contribution in [0.15, 0.2) is 72.6 Å². The minimum atomic E-state index is -0.876. The van der Waals surface area contributed by atoms with E-state index in [4.69, 9.17) is 16.3 Å². The highest BCUT2D eigenvalue weighted by Crippen LogP contribution is 2.44. The largest absolute Gasteiger partial charge is 0.507 e. The second-order valence-corrected chi connectivity index (χ2v) is 9.73. The van der Waals surface area contributed by atoms with E-state index in [-0.39, 0.29) is 11.3 Å². The number of carbonyl (C=O) groups is 2. The molecule has 2 aromatic heterocycles. The fourth-order valence-electron chi connectivity index (χ4n) is 4.08. The van der Waals surface area contributed by atoms with E-state index in [1.807, 2.05) is 0 Å². The van der Waals surface area contributed by atoms with Gasteiger partial charge < -0.3 is 9.84 Å². The molecule has 3 heterocycles. The number of fused-ring (bicyclic) bond motifs is 1. The number of unbranched alkanes of at least 4 members (excludes halogenated alkanes) is 1. The van der Waals surface area contributed by atoms with Crippen LogP contribution in [0.5, 0.6) is 5.75 Å². The number of pyridine rings is 1. The van der Waals surface area contributed by atoms with Crippen molar-refractivity contribution in [3.05, 3.63) is 88.7 Å². The Kier molecular flexibility index (Phi) is 6.71. The third-order valence-corrected chi connectivity index (χ3v) is 7.16. The van der Waals surface area contributed by atoms with Crippen molar-refractivity contribution in [2.24, 2.45) is 0 Å². The molecule has 9 heteroatoms. The van der Waals surface area contributed by atoms with Crippen molar-refractivity contribution in [2.45, 2.75) is 25.8 Å². The number of ketones is 1. The van der Waals surface area contributed by atoms with Crippen molar-refractivity contribution in [1.82, 2.24) is 9.97 Å². The number of aliphatic hydroxyl groups is 1. The van der Waals surface area contributed by atoms with Gasteiger partial charge >= 0.3 is 5.91 Å². The quantitative estimate of drug-likeness (QED) is 0.136. The van der Waals surface area contributed by atoms with Gasteiger partial charge in [0, 0.05) is 23.0 Å². The number of nitrogens with zero attached hydrogens (tertiary/aromatic N) is 3. The summed E-state index contributed by atoms with van der Waals surface area (Å²) in [5.41, 5.74) is 1.69. The van der Waals surface area contributed by atoms with Crippen LogP contribution in [-0.2, 0) is 9.59 Å². The minimum absolute atomic E-state index is 0.0110. The molecule has 0 bridgehead atoms. The number of aliphatic hydroxyl groups excluding tert-OH is 1. The van der Waals surface area contributed by atoms with Crippen LogP contribution >= 0.6 is 22.9 Å². The highest BCUT2D eigenvalue weighted by Gasteiger charge is 2.48. The first-order valence-electron chi connectivity index (χ1n) is 11.5. The number of Topliss-reactive ketones (excluding diaryl/α,β-unsaturated/α-hetero) is 1. The fraction of sp³-hybridized carbons (Fsp3) is 0.185. The first-order chi connectivity index (χ1) is 17.5. The highest BCUT2D eigenvalue weighted by atomic mass is 35.5. The lowest BCUT2D eigenvalue weighted by molar-refractivity contribution is -0.132. The molecule has 1 saturated heterocycles. The monoisotopic (exact) mass is 519 g/mol. The first-order valence-corrected chi connectivity index (χ1v) is 12.7. The smallest absolute Gasteiger partial charge is 0.301 e. The van der Waals surface area contributed by atoms with Crippen molar-refractivity contribution in [3.8, 4) is 5.75 Å². The van der Waals surface area contributed by atoms with Crippen LogP contribution in [0.25, 0.3) is 16.0 Å². The van der Waals surface area contributed by atoms with Gasteiger partial charge in [-0.05, 0) is 54.4 Å². The lowest BCUT2D eigenvalue weighted by Gasteiger charge is -2.23. The third-order valence-electron chi connectivity index (χ3n) is 5.91. The van der Waals surface area contributed by atoms with Crippen LogP contribution < -0.4 is 9.64 Å². The SMILES string of the molecule is CCCCOc1ccc(C2C(=C(O)c3ccncc3)C(=O)C(=O)N2c2nc3ccc(Cl)cc3s2)cc1. The number of thiazole rings is 1. The highest BCUT2D eigenvalue weighted by molar-refractivity contribution is 7.22. The topological polar surface area (TPSA) is 92.6 Å². The van der Waals surface area contributed by atoms with Crippen molar-refractivity contribution in [2.75, 3.05) is 11.5 Å². The average Bonchev–Trinajstić information content (AvgIpc) is 3.42. The predicted molar refractivity (Wildman–Crippen MR) is 140 cm³/mol. The number of benzene rings is 2. The molecule has 4 aromatic rings. The summed E-state index contributed by atoms with van der Waals surface area (Å²) in [4.78, 5) is 36.6. The molecule has 1 atom stereocenters. The number of anilines is 1. The van der Waals surface area contributed by atoms with Gasteiger partial charge in [-0.25, -0.2) is 4.98 Å². The number of rotatable bonds is 7. The molecule has 5 rings (SSSR count). The van der Waals surface area contributed by atoms with Crippen molar-refractivity contribution >= 4 is 55.7 Å². The molecule has 0 aliphatic carbocycles. The van der Waals surface area contributed by atoms with E-state index in [0.717, 1.165) is 17.5 Å². The van der Waals surface area contributed by atoms with Gasteiger partial charge in [0.25, 0.3) is 5.78 Å². The molecule has 1 fully saturated rings. The maximum atomic E-state index is 13.4. The molecule has 1 aliphatic heterocycles. The second-order valence-electron chi connectivity index (χ2n) is 8.28. The van der Waals surface area contributed by atoms with Crippen LogP contribution in [0.1, 0.15) is 36.9 Å². The molecular formula is C27H22ClN3O4S. The zero-order valence-corrected chi connectivity index (χ0v) is 20.9. The predicted octanol–water partition coefficient (Wildman–Crippen LogP) is 6.15. The zero-order valence-electron chi connectivity index (χ0n) is 19.3. The maximum absolute atomic E-state index is 13.4. The van der Waals surface area contributed by atoms with Crippen LogP contribution in [-0.4, -0.2) is 33.4 Å². The van der Waals surface area contributed by atoms with Gasteiger partial charge in [-0.1, -0.05) is 48.4 Å². The zero-order chi connectivity index (χ0) is 25.2. The molecule has 1 amide bonds. The molecule has 2 aromatic carbocycles. The molecular weight excluding hydrogens is 498 g/mol. The molecule has 0 radical (unpaired) electrons. The molecule has 36 heavy (non-hydrogen) atoms. The van der Waals surface area contributed by atoms with E-state index in [9.17, 15) is 14.7 Å². The fourth-order valence-corrected chi connectivity index (χ4v) is 5.35. The molecule has 1 N–H and O–H groups in total. The van der Waals surface area contributed by atoms with E-state index in [2.05, 4.69) is 16.9 Å². The van der Waals surface area contributed by atoms with Gasteiger partial charge in [0.1, 0.15) is 11.5 Å². The van der Waals surface area contributed by atoms with Gasteiger partial charge in [0.05, 0.1) is 28.4 Å². The Labute approximate surface area is 216 Å². The molecule has 0 saturated carbocycles. The maximum Gasteiger partial charge on any atom is 0.301 e.